The van der Waals surface area contributed by atoms with Gasteiger partial charge in [-0.05, 0) is 44.0 Å². The summed E-state index contributed by atoms with van der Waals surface area (Å²) in [6, 6.07) is 4.60. The van der Waals surface area contributed by atoms with Gasteiger partial charge < -0.3 is 5.32 Å². The molecule has 0 unspecified atom stereocenters. The van der Waals surface area contributed by atoms with Gasteiger partial charge in [0.2, 0.25) is 15.9 Å². The van der Waals surface area contributed by atoms with Gasteiger partial charge in [0.05, 0.1) is 16.6 Å². The molecule has 2 aromatic heterocycles. The number of nitrogens with zero attached hydrogens (tertiary/aromatic N) is 3. The highest BCUT2D eigenvalue weighted by Gasteiger charge is 2.19. The van der Waals surface area contributed by atoms with Crippen molar-refractivity contribution in [3.63, 3.8) is 0 Å². The maximum absolute atomic E-state index is 12.7. The summed E-state index contributed by atoms with van der Waals surface area (Å²) < 4.78 is 27.2. The van der Waals surface area contributed by atoms with Gasteiger partial charge in [0.15, 0.2) is 0 Å². The fourth-order valence-electron chi connectivity index (χ4n) is 2.97. The molecule has 1 amide bonds. The number of anilines is 1. The van der Waals surface area contributed by atoms with Crippen molar-refractivity contribution in [2.75, 3.05) is 19.4 Å². The van der Waals surface area contributed by atoms with E-state index in [1.807, 2.05) is 13.8 Å². The second-order valence-corrected chi connectivity index (χ2v) is 10.6. The summed E-state index contributed by atoms with van der Waals surface area (Å²) in [4.78, 5) is 31.4. The lowest BCUT2D eigenvalue weighted by molar-refractivity contribution is -0.116. The fourth-order valence-corrected chi connectivity index (χ4v) is 4.89. The molecule has 10 heteroatoms. The SMILES string of the molecule is Cc1ccc(S(=O)(=O)N(C)C)cc1NC(=O)CCn1cnc2sc(C)c(C)c2c1=O. The topological polar surface area (TPSA) is 101 Å². The van der Waals surface area contributed by atoms with Gasteiger partial charge in [-0.25, -0.2) is 17.7 Å². The minimum Gasteiger partial charge on any atom is -0.326 e. The van der Waals surface area contributed by atoms with Gasteiger partial charge in [0.25, 0.3) is 5.56 Å². The molecular weight excluding hydrogens is 424 g/mol. The normalized spacial score (nSPS) is 11.9. The van der Waals surface area contributed by atoms with Crippen LogP contribution in [0.1, 0.15) is 22.4 Å². The van der Waals surface area contributed by atoms with Crippen LogP contribution in [0.25, 0.3) is 10.2 Å². The maximum Gasteiger partial charge on any atom is 0.262 e. The summed E-state index contributed by atoms with van der Waals surface area (Å²) in [5.74, 6) is -0.317. The summed E-state index contributed by atoms with van der Waals surface area (Å²) in [6.45, 7) is 5.81. The van der Waals surface area contributed by atoms with Gasteiger partial charge in [-0.1, -0.05) is 6.07 Å². The second-order valence-electron chi connectivity index (χ2n) is 7.27. The molecule has 2 heterocycles. The molecule has 0 bridgehead atoms. The van der Waals surface area contributed by atoms with E-state index in [1.165, 1.54) is 48.5 Å². The number of carbonyl (C=O) groups excluding carboxylic acids is 1. The molecule has 1 N–H and O–H groups in total. The van der Waals surface area contributed by atoms with Crippen LogP contribution >= 0.6 is 11.3 Å². The Labute approximate surface area is 179 Å². The predicted molar refractivity (Wildman–Crippen MR) is 119 cm³/mol. The van der Waals surface area contributed by atoms with E-state index in [4.69, 9.17) is 0 Å². The number of rotatable bonds is 6. The average Bonchev–Trinajstić information content (AvgIpc) is 2.97. The van der Waals surface area contributed by atoms with Crippen molar-refractivity contribution in [2.24, 2.45) is 0 Å². The number of fused-ring (bicyclic) bond motifs is 1. The Morgan fingerprint density at radius 1 is 1.23 bits per heavy atom. The third-order valence-electron chi connectivity index (χ3n) is 5.00. The predicted octanol–water partition coefficient (Wildman–Crippen LogP) is 2.66. The third kappa shape index (κ3) is 4.16. The standard InChI is InChI=1S/C20H24N4O4S2/c1-12-6-7-15(30(27,28)23(4)5)10-16(12)22-17(25)8-9-24-11-21-19-18(20(24)26)13(2)14(3)29-19/h6-7,10-11H,8-9H2,1-5H3,(H,22,25). The highest BCUT2D eigenvalue weighted by Crippen LogP contribution is 2.25. The highest BCUT2D eigenvalue weighted by molar-refractivity contribution is 7.89. The summed E-state index contributed by atoms with van der Waals surface area (Å²) in [5.41, 5.74) is 1.92. The molecule has 3 aromatic rings. The number of amides is 1. The van der Waals surface area contributed by atoms with Crippen molar-refractivity contribution >= 4 is 43.2 Å². The Balaban J connectivity index is 1.77. The van der Waals surface area contributed by atoms with Crippen LogP contribution in [0.3, 0.4) is 0 Å². The van der Waals surface area contributed by atoms with E-state index >= 15 is 0 Å². The largest absolute Gasteiger partial charge is 0.326 e. The third-order valence-corrected chi connectivity index (χ3v) is 7.92. The molecular formula is C20H24N4O4S2. The molecule has 160 valence electrons. The van der Waals surface area contributed by atoms with Crippen LogP contribution in [-0.2, 0) is 21.4 Å². The van der Waals surface area contributed by atoms with Crippen LogP contribution in [0.2, 0.25) is 0 Å². The molecule has 0 spiro atoms. The van der Waals surface area contributed by atoms with E-state index in [0.717, 1.165) is 20.3 Å². The van der Waals surface area contributed by atoms with Crippen LogP contribution in [-0.4, -0.2) is 42.3 Å². The lowest BCUT2D eigenvalue weighted by atomic mass is 10.2. The molecule has 0 saturated carbocycles. The van der Waals surface area contributed by atoms with E-state index in [1.54, 1.807) is 13.0 Å². The second kappa shape index (κ2) is 8.29. The number of nitrogens with one attached hydrogen (secondary N) is 1. The molecule has 0 saturated heterocycles. The van der Waals surface area contributed by atoms with Crippen molar-refractivity contribution in [3.05, 3.63) is 50.9 Å². The first-order chi connectivity index (χ1) is 14.0. The first kappa shape index (κ1) is 22.1. The molecule has 0 aliphatic heterocycles. The van der Waals surface area contributed by atoms with Gasteiger partial charge in [0.1, 0.15) is 4.83 Å². The zero-order valence-electron chi connectivity index (χ0n) is 17.5. The maximum atomic E-state index is 12.7. The molecule has 1 aromatic carbocycles. The zero-order chi connectivity index (χ0) is 22.2. The van der Waals surface area contributed by atoms with Gasteiger partial charge >= 0.3 is 0 Å². The number of sulfonamides is 1. The zero-order valence-corrected chi connectivity index (χ0v) is 19.1. The molecule has 0 radical (unpaired) electrons. The van der Waals surface area contributed by atoms with Crippen LogP contribution in [0.4, 0.5) is 5.69 Å². The van der Waals surface area contributed by atoms with Crippen molar-refractivity contribution in [2.45, 2.75) is 38.6 Å². The Bertz CT molecular complexity index is 1290. The van der Waals surface area contributed by atoms with Gasteiger partial charge in [-0.15, -0.1) is 11.3 Å². The van der Waals surface area contributed by atoms with Gasteiger partial charge in [-0.2, -0.15) is 0 Å². The summed E-state index contributed by atoms with van der Waals surface area (Å²) >= 11 is 1.48. The summed E-state index contributed by atoms with van der Waals surface area (Å²) in [5, 5.41) is 3.34. The molecule has 30 heavy (non-hydrogen) atoms. The minimum atomic E-state index is -3.61. The molecule has 3 rings (SSSR count). The van der Waals surface area contributed by atoms with Crippen LogP contribution in [0, 0.1) is 20.8 Å². The number of carbonyl (C=O) groups is 1. The van der Waals surface area contributed by atoms with Crippen LogP contribution in [0.15, 0.2) is 34.2 Å². The number of benzene rings is 1. The molecule has 0 fully saturated rings. The summed E-state index contributed by atoms with van der Waals surface area (Å²) in [6.07, 6.45) is 1.52. The number of aryl methyl sites for hydroxylation is 4. The average molecular weight is 449 g/mol. The van der Waals surface area contributed by atoms with E-state index in [2.05, 4.69) is 10.3 Å². The van der Waals surface area contributed by atoms with Crippen LogP contribution in [0.5, 0.6) is 0 Å². The Kier molecular flexibility index (Phi) is 6.11. The van der Waals surface area contributed by atoms with Crippen molar-refractivity contribution in [3.8, 4) is 0 Å². The minimum absolute atomic E-state index is 0.0549. The van der Waals surface area contributed by atoms with Crippen molar-refractivity contribution < 1.29 is 13.2 Å². The summed E-state index contributed by atoms with van der Waals surface area (Å²) in [7, 11) is -0.704. The number of thiophene rings is 1. The highest BCUT2D eigenvalue weighted by atomic mass is 32.2. The Morgan fingerprint density at radius 2 is 1.93 bits per heavy atom. The lowest BCUT2D eigenvalue weighted by Crippen LogP contribution is -2.24. The van der Waals surface area contributed by atoms with Gasteiger partial charge in [0, 0.05) is 37.6 Å². The van der Waals surface area contributed by atoms with E-state index in [-0.39, 0.29) is 29.3 Å². The van der Waals surface area contributed by atoms with Crippen LogP contribution < -0.4 is 10.9 Å². The van der Waals surface area contributed by atoms with E-state index in [9.17, 15) is 18.0 Å². The fraction of sp³-hybridized carbons (Fsp3) is 0.350. The quantitative estimate of drug-likeness (QED) is 0.625. The Hall–Kier alpha value is -2.56. The van der Waals surface area contributed by atoms with Crippen molar-refractivity contribution in [1.82, 2.24) is 13.9 Å². The lowest BCUT2D eigenvalue weighted by Gasteiger charge is -2.14. The molecule has 0 aliphatic rings. The Morgan fingerprint density at radius 3 is 2.60 bits per heavy atom. The molecule has 0 atom stereocenters. The van der Waals surface area contributed by atoms with E-state index in [0.29, 0.717) is 15.9 Å². The molecule has 8 nitrogen and oxygen atoms in total. The number of hydrogen-bond acceptors (Lipinski definition) is 6. The van der Waals surface area contributed by atoms with Gasteiger partial charge in [-0.3, -0.25) is 14.2 Å². The number of aromatic nitrogens is 2. The first-order valence-electron chi connectivity index (χ1n) is 9.30. The van der Waals surface area contributed by atoms with E-state index < -0.39 is 10.0 Å². The number of hydrogen-bond donors (Lipinski definition) is 1. The monoisotopic (exact) mass is 448 g/mol. The van der Waals surface area contributed by atoms with Crippen molar-refractivity contribution in [1.29, 1.82) is 0 Å². The molecule has 0 aliphatic carbocycles. The first-order valence-corrected chi connectivity index (χ1v) is 11.6. The smallest absolute Gasteiger partial charge is 0.262 e.